The molecule has 1 saturated heterocycles. The Morgan fingerprint density at radius 2 is 1.61 bits per heavy atom. The molecular formula is C18H24N2O3. The van der Waals surface area contributed by atoms with E-state index in [1.54, 1.807) is 38.5 Å². The third kappa shape index (κ3) is 5.45. The Balaban J connectivity index is 1.95. The molecule has 124 valence electrons. The van der Waals surface area contributed by atoms with Crippen LogP contribution in [0.15, 0.2) is 36.6 Å². The number of carbonyl (C=O) groups excluding carboxylic acids is 1. The molecule has 0 N–H and O–H groups in total. The maximum Gasteiger partial charge on any atom is 0.180 e. The van der Waals surface area contributed by atoms with E-state index in [2.05, 4.69) is 16.8 Å². The molecule has 0 bridgehead atoms. The summed E-state index contributed by atoms with van der Waals surface area (Å²) in [5, 5.41) is 0. The van der Waals surface area contributed by atoms with E-state index < -0.39 is 0 Å². The number of rotatable bonds is 6. The van der Waals surface area contributed by atoms with E-state index in [1.165, 1.54) is 0 Å². The highest BCUT2D eigenvalue weighted by atomic mass is 16.5. The van der Waals surface area contributed by atoms with E-state index in [0.717, 1.165) is 31.7 Å². The van der Waals surface area contributed by atoms with Gasteiger partial charge >= 0.3 is 0 Å². The topological polar surface area (TPSA) is 42.0 Å². The second kappa shape index (κ2) is 8.39. The monoisotopic (exact) mass is 316 g/mol. The van der Waals surface area contributed by atoms with Crippen molar-refractivity contribution in [2.75, 3.05) is 47.4 Å². The standard InChI is InChI=1S/C18H24N2O3/c1-19-8-10-20(11-9-19)7-6-16(21)5-4-15-12-17(22-2)14-18(13-15)23-3/h4-7,12-14H,8-11H2,1-3H3/b5-4+,7-6+. The van der Waals surface area contributed by atoms with Gasteiger partial charge in [-0.1, -0.05) is 6.08 Å². The molecule has 1 aromatic carbocycles. The minimum absolute atomic E-state index is 0.0364. The number of benzene rings is 1. The summed E-state index contributed by atoms with van der Waals surface area (Å²) in [5.41, 5.74) is 0.863. The van der Waals surface area contributed by atoms with Crippen LogP contribution in [-0.4, -0.2) is 63.0 Å². The first-order chi connectivity index (χ1) is 11.1. The summed E-state index contributed by atoms with van der Waals surface area (Å²) in [6.07, 6.45) is 6.81. The molecule has 5 nitrogen and oxygen atoms in total. The number of carbonyl (C=O) groups is 1. The maximum absolute atomic E-state index is 12.0. The molecule has 0 amide bonds. The van der Waals surface area contributed by atoms with Crippen LogP contribution in [0.4, 0.5) is 0 Å². The second-order valence-corrected chi connectivity index (χ2v) is 5.54. The molecular weight excluding hydrogens is 292 g/mol. The average molecular weight is 316 g/mol. The molecule has 5 heteroatoms. The van der Waals surface area contributed by atoms with Crippen LogP contribution in [-0.2, 0) is 4.79 Å². The molecule has 1 aromatic rings. The summed E-state index contributed by atoms with van der Waals surface area (Å²) in [7, 11) is 5.32. The maximum atomic E-state index is 12.0. The Kier molecular flexibility index (Phi) is 6.23. The summed E-state index contributed by atoms with van der Waals surface area (Å²) in [4.78, 5) is 16.4. The van der Waals surface area contributed by atoms with Crippen molar-refractivity contribution in [1.82, 2.24) is 9.80 Å². The Bertz CT molecular complexity index is 566. The van der Waals surface area contributed by atoms with E-state index >= 15 is 0 Å². The predicted molar refractivity (Wildman–Crippen MR) is 91.8 cm³/mol. The van der Waals surface area contributed by atoms with E-state index in [0.29, 0.717) is 11.5 Å². The smallest absolute Gasteiger partial charge is 0.180 e. The highest BCUT2D eigenvalue weighted by molar-refractivity contribution is 6.01. The first kappa shape index (κ1) is 17.1. The van der Waals surface area contributed by atoms with Crippen LogP contribution in [0.25, 0.3) is 6.08 Å². The fourth-order valence-corrected chi connectivity index (χ4v) is 2.31. The Hall–Kier alpha value is -2.27. The fraction of sp³-hybridized carbons (Fsp3) is 0.389. The van der Waals surface area contributed by atoms with E-state index in [4.69, 9.17) is 9.47 Å². The van der Waals surface area contributed by atoms with Crippen LogP contribution in [0.3, 0.4) is 0 Å². The number of allylic oxidation sites excluding steroid dienone is 2. The van der Waals surface area contributed by atoms with Gasteiger partial charge in [-0.3, -0.25) is 4.79 Å². The minimum atomic E-state index is -0.0364. The van der Waals surface area contributed by atoms with Gasteiger partial charge in [-0.05, 0) is 30.8 Å². The Morgan fingerprint density at radius 1 is 1.00 bits per heavy atom. The molecule has 0 unspecified atom stereocenters. The van der Waals surface area contributed by atoms with Crippen molar-refractivity contribution in [3.05, 3.63) is 42.1 Å². The first-order valence-electron chi connectivity index (χ1n) is 7.66. The quantitative estimate of drug-likeness (QED) is 0.752. The lowest BCUT2D eigenvalue weighted by molar-refractivity contribution is -0.110. The van der Waals surface area contributed by atoms with Crippen molar-refractivity contribution in [3.8, 4) is 11.5 Å². The molecule has 2 rings (SSSR count). The normalized spacial score (nSPS) is 16.2. The van der Waals surface area contributed by atoms with Gasteiger partial charge in [0.2, 0.25) is 0 Å². The van der Waals surface area contributed by atoms with Crippen LogP contribution in [0.1, 0.15) is 5.56 Å². The lowest BCUT2D eigenvalue weighted by Crippen LogP contribution is -2.41. The van der Waals surface area contributed by atoms with E-state index in [1.807, 2.05) is 18.3 Å². The molecule has 0 aliphatic carbocycles. The van der Waals surface area contributed by atoms with Crippen molar-refractivity contribution in [3.63, 3.8) is 0 Å². The van der Waals surface area contributed by atoms with E-state index in [9.17, 15) is 4.79 Å². The number of ether oxygens (including phenoxy) is 2. The Labute approximate surface area is 137 Å². The molecule has 0 aromatic heterocycles. The van der Waals surface area contributed by atoms with Crippen molar-refractivity contribution in [1.29, 1.82) is 0 Å². The van der Waals surface area contributed by atoms with Gasteiger partial charge in [-0.2, -0.15) is 0 Å². The van der Waals surface area contributed by atoms with Gasteiger partial charge in [0.15, 0.2) is 5.78 Å². The van der Waals surface area contributed by atoms with Gasteiger partial charge < -0.3 is 19.3 Å². The van der Waals surface area contributed by atoms with Gasteiger partial charge in [-0.25, -0.2) is 0 Å². The highest BCUT2D eigenvalue weighted by Crippen LogP contribution is 2.23. The van der Waals surface area contributed by atoms with Gasteiger partial charge in [0, 0.05) is 44.5 Å². The number of likely N-dealkylation sites (N-methyl/N-ethyl adjacent to an activating group) is 1. The fourth-order valence-electron chi connectivity index (χ4n) is 2.31. The van der Waals surface area contributed by atoms with Gasteiger partial charge in [0.1, 0.15) is 11.5 Å². The van der Waals surface area contributed by atoms with Crippen molar-refractivity contribution < 1.29 is 14.3 Å². The van der Waals surface area contributed by atoms with Crippen molar-refractivity contribution in [2.24, 2.45) is 0 Å². The molecule has 0 radical (unpaired) electrons. The predicted octanol–water partition coefficient (Wildman–Crippen LogP) is 2.05. The van der Waals surface area contributed by atoms with Crippen LogP contribution < -0.4 is 9.47 Å². The third-order valence-corrected chi connectivity index (χ3v) is 3.80. The van der Waals surface area contributed by atoms with Crippen LogP contribution in [0.2, 0.25) is 0 Å². The number of methoxy groups -OCH3 is 2. The Morgan fingerprint density at radius 3 is 2.17 bits per heavy atom. The van der Waals surface area contributed by atoms with Crippen LogP contribution in [0, 0.1) is 0 Å². The molecule has 1 aliphatic heterocycles. The minimum Gasteiger partial charge on any atom is -0.497 e. The summed E-state index contributed by atoms with van der Waals surface area (Å²) in [6, 6.07) is 5.51. The van der Waals surface area contributed by atoms with Gasteiger partial charge in [0.25, 0.3) is 0 Å². The summed E-state index contributed by atoms with van der Waals surface area (Å²) in [5.74, 6) is 1.36. The van der Waals surface area contributed by atoms with Crippen LogP contribution >= 0.6 is 0 Å². The largest absolute Gasteiger partial charge is 0.497 e. The summed E-state index contributed by atoms with van der Waals surface area (Å²) < 4.78 is 10.4. The first-order valence-corrected chi connectivity index (χ1v) is 7.66. The zero-order valence-electron chi connectivity index (χ0n) is 14.0. The zero-order valence-corrected chi connectivity index (χ0v) is 14.0. The number of hydrogen-bond donors (Lipinski definition) is 0. The molecule has 0 saturated carbocycles. The zero-order chi connectivity index (χ0) is 16.7. The third-order valence-electron chi connectivity index (χ3n) is 3.80. The number of piperazine rings is 1. The summed E-state index contributed by atoms with van der Waals surface area (Å²) >= 11 is 0. The van der Waals surface area contributed by atoms with Gasteiger partial charge in [-0.15, -0.1) is 0 Å². The molecule has 0 spiro atoms. The second-order valence-electron chi connectivity index (χ2n) is 5.54. The average Bonchev–Trinajstić information content (AvgIpc) is 2.59. The van der Waals surface area contributed by atoms with Crippen molar-refractivity contribution >= 4 is 11.9 Å². The van der Waals surface area contributed by atoms with Crippen molar-refractivity contribution in [2.45, 2.75) is 0 Å². The number of hydrogen-bond acceptors (Lipinski definition) is 5. The molecule has 0 atom stereocenters. The van der Waals surface area contributed by atoms with E-state index in [-0.39, 0.29) is 5.78 Å². The molecule has 23 heavy (non-hydrogen) atoms. The van der Waals surface area contributed by atoms with Crippen LogP contribution in [0.5, 0.6) is 11.5 Å². The number of nitrogens with zero attached hydrogens (tertiary/aromatic N) is 2. The lowest BCUT2D eigenvalue weighted by Gasteiger charge is -2.31. The lowest BCUT2D eigenvalue weighted by atomic mass is 10.1. The number of ketones is 1. The highest BCUT2D eigenvalue weighted by Gasteiger charge is 2.09. The SMILES string of the molecule is COc1cc(/C=C/C(=O)/C=C/N2CCN(C)CC2)cc(OC)c1. The molecule has 1 fully saturated rings. The molecule has 1 heterocycles. The van der Waals surface area contributed by atoms with Gasteiger partial charge in [0.05, 0.1) is 14.2 Å². The summed E-state index contributed by atoms with van der Waals surface area (Å²) in [6.45, 7) is 3.96. The molecule has 1 aliphatic rings.